The van der Waals surface area contributed by atoms with Gasteiger partial charge in [0.15, 0.2) is 0 Å². The summed E-state index contributed by atoms with van der Waals surface area (Å²) in [7, 11) is 0. The van der Waals surface area contributed by atoms with Crippen molar-refractivity contribution in [1.82, 2.24) is 16.0 Å². The third-order valence-corrected chi connectivity index (χ3v) is 3.97. The minimum Gasteiger partial charge on any atom is -0.481 e. The Bertz CT molecular complexity index is 746. The van der Waals surface area contributed by atoms with Crippen LogP contribution in [0.5, 0.6) is 0 Å². The topological polar surface area (TPSA) is 268 Å². The van der Waals surface area contributed by atoms with Gasteiger partial charge in [-0.25, -0.2) is 4.79 Å². The maximum absolute atomic E-state index is 12.4. The molecule has 0 radical (unpaired) electrons. The van der Waals surface area contributed by atoms with Gasteiger partial charge < -0.3 is 42.7 Å². The highest BCUT2D eigenvalue weighted by atomic mass is 32.1. The van der Waals surface area contributed by atoms with Crippen LogP contribution in [0.4, 0.5) is 0 Å². The number of rotatable bonds is 14. The number of amides is 4. The fourth-order valence-corrected chi connectivity index (χ4v) is 2.24. The van der Waals surface area contributed by atoms with Crippen LogP contribution in [-0.2, 0) is 33.6 Å². The smallest absolute Gasteiger partial charge is 0.326 e. The Labute approximate surface area is 180 Å². The van der Waals surface area contributed by atoms with E-state index in [4.69, 9.17) is 26.8 Å². The van der Waals surface area contributed by atoms with Crippen LogP contribution in [-0.4, -0.2) is 86.8 Å². The number of hydrogen-bond donors (Lipinski definition) is 9. The van der Waals surface area contributed by atoms with E-state index in [1.807, 2.05) is 10.6 Å². The predicted octanol–water partition coefficient (Wildman–Crippen LogP) is -4.39. The number of aliphatic carboxylic acids is 3. The van der Waals surface area contributed by atoms with Crippen molar-refractivity contribution in [2.45, 2.75) is 43.4 Å². The van der Waals surface area contributed by atoms with Gasteiger partial charge in [0.05, 0.1) is 25.3 Å². The molecule has 16 heteroatoms. The molecular weight excluding hydrogens is 442 g/mol. The average Bonchev–Trinajstić information content (AvgIpc) is 2.64. The number of carbonyl (C=O) groups is 7. The van der Waals surface area contributed by atoms with Gasteiger partial charge in [0.2, 0.25) is 23.6 Å². The molecule has 0 saturated carbocycles. The molecule has 174 valence electrons. The first kappa shape index (κ1) is 27.6. The quantitative estimate of drug-likeness (QED) is 0.110. The van der Waals surface area contributed by atoms with E-state index in [0.717, 1.165) is 0 Å². The largest absolute Gasteiger partial charge is 0.481 e. The van der Waals surface area contributed by atoms with Crippen molar-refractivity contribution < 1.29 is 48.9 Å². The Morgan fingerprint density at radius 3 is 1.48 bits per heavy atom. The molecule has 0 aromatic carbocycles. The first-order valence-corrected chi connectivity index (χ1v) is 9.13. The van der Waals surface area contributed by atoms with Gasteiger partial charge in [-0.3, -0.25) is 28.8 Å². The summed E-state index contributed by atoms with van der Waals surface area (Å²) in [5.74, 6) is -9.36. The van der Waals surface area contributed by atoms with E-state index in [9.17, 15) is 33.6 Å². The molecule has 4 amide bonds. The number of primary amides is 1. The van der Waals surface area contributed by atoms with Crippen molar-refractivity contribution in [3.05, 3.63) is 0 Å². The van der Waals surface area contributed by atoms with Crippen molar-refractivity contribution >= 4 is 54.2 Å². The molecule has 0 spiro atoms. The molecule has 0 aromatic heterocycles. The van der Waals surface area contributed by atoms with Gasteiger partial charge in [-0.2, -0.15) is 12.6 Å². The van der Waals surface area contributed by atoms with Crippen molar-refractivity contribution in [3.63, 3.8) is 0 Å². The SMILES string of the molecule is NC(=O)CC(NC(=O)C(CC(=O)O)NC(=O)C(N)CS)C(=O)NC(CC(=O)O)C(=O)O. The molecule has 0 aromatic rings. The molecule has 0 aliphatic rings. The van der Waals surface area contributed by atoms with Crippen LogP contribution >= 0.6 is 12.6 Å². The predicted molar refractivity (Wildman–Crippen MR) is 104 cm³/mol. The average molecular weight is 465 g/mol. The summed E-state index contributed by atoms with van der Waals surface area (Å²) in [5.41, 5.74) is 10.4. The number of carboxylic acid groups (broad SMARTS) is 3. The third-order valence-electron chi connectivity index (χ3n) is 3.58. The number of carbonyl (C=O) groups excluding carboxylic acids is 4. The summed E-state index contributed by atoms with van der Waals surface area (Å²) in [5, 5.41) is 32.5. The second kappa shape index (κ2) is 13.0. The van der Waals surface area contributed by atoms with Gasteiger partial charge >= 0.3 is 17.9 Å². The monoisotopic (exact) mass is 465 g/mol. The molecule has 0 fully saturated rings. The molecular formula is C15H23N5O10S. The summed E-state index contributed by atoms with van der Waals surface area (Å²) >= 11 is 3.79. The maximum atomic E-state index is 12.4. The van der Waals surface area contributed by atoms with E-state index in [1.54, 1.807) is 0 Å². The summed E-state index contributed by atoms with van der Waals surface area (Å²) in [4.78, 5) is 80.7. The lowest BCUT2D eigenvalue weighted by atomic mass is 10.1. The zero-order valence-electron chi connectivity index (χ0n) is 15.9. The third kappa shape index (κ3) is 10.8. The highest BCUT2D eigenvalue weighted by Crippen LogP contribution is 2.01. The van der Waals surface area contributed by atoms with Crippen molar-refractivity contribution in [3.8, 4) is 0 Å². The van der Waals surface area contributed by atoms with Crippen LogP contribution in [0.15, 0.2) is 0 Å². The lowest BCUT2D eigenvalue weighted by Gasteiger charge is -2.23. The molecule has 0 aliphatic carbocycles. The Morgan fingerprint density at radius 2 is 1.10 bits per heavy atom. The van der Waals surface area contributed by atoms with Crippen molar-refractivity contribution in [2.75, 3.05) is 5.75 Å². The van der Waals surface area contributed by atoms with E-state index < -0.39 is 85.0 Å². The van der Waals surface area contributed by atoms with E-state index in [2.05, 4.69) is 17.9 Å². The zero-order valence-corrected chi connectivity index (χ0v) is 16.8. The maximum Gasteiger partial charge on any atom is 0.326 e. The number of nitrogens with one attached hydrogen (secondary N) is 3. The summed E-state index contributed by atoms with van der Waals surface area (Å²) < 4.78 is 0. The fraction of sp³-hybridized carbons (Fsp3) is 0.533. The first-order valence-electron chi connectivity index (χ1n) is 8.50. The van der Waals surface area contributed by atoms with Gasteiger partial charge in [0, 0.05) is 5.75 Å². The number of hydrogen-bond acceptors (Lipinski definition) is 9. The number of carboxylic acids is 3. The fourth-order valence-electron chi connectivity index (χ4n) is 2.08. The molecule has 15 nitrogen and oxygen atoms in total. The van der Waals surface area contributed by atoms with Crippen molar-refractivity contribution in [2.24, 2.45) is 11.5 Å². The summed E-state index contributed by atoms with van der Waals surface area (Å²) in [6.07, 6.45) is -2.75. The Morgan fingerprint density at radius 1 is 0.710 bits per heavy atom. The van der Waals surface area contributed by atoms with Crippen LogP contribution in [0.25, 0.3) is 0 Å². The zero-order chi connectivity index (χ0) is 24.3. The molecule has 0 saturated heterocycles. The minimum absolute atomic E-state index is 0.125. The molecule has 0 rings (SSSR count). The molecule has 31 heavy (non-hydrogen) atoms. The lowest BCUT2D eigenvalue weighted by Crippen LogP contribution is -2.58. The Kier molecular flexibility index (Phi) is 11.6. The normalized spacial score (nSPS) is 14.3. The minimum atomic E-state index is -1.89. The second-order valence-corrected chi connectivity index (χ2v) is 6.54. The number of thiol groups is 1. The van der Waals surface area contributed by atoms with Gasteiger partial charge in [0.25, 0.3) is 0 Å². The van der Waals surface area contributed by atoms with E-state index in [1.165, 1.54) is 0 Å². The molecule has 0 heterocycles. The van der Waals surface area contributed by atoms with Crippen LogP contribution < -0.4 is 27.4 Å². The van der Waals surface area contributed by atoms with Gasteiger partial charge in [-0.1, -0.05) is 0 Å². The van der Waals surface area contributed by atoms with Gasteiger partial charge in [0.1, 0.15) is 18.1 Å². The van der Waals surface area contributed by atoms with Gasteiger partial charge in [-0.15, -0.1) is 0 Å². The molecule has 4 unspecified atom stereocenters. The van der Waals surface area contributed by atoms with E-state index >= 15 is 0 Å². The first-order chi connectivity index (χ1) is 14.3. The van der Waals surface area contributed by atoms with E-state index in [0.29, 0.717) is 0 Å². The molecule has 10 N–H and O–H groups in total. The Balaban J connectivity index is 5.53. The van der Waals surface area contributed by atoms with Crippen molar-refractivity contribution in [1.29, 1.82) is 0 Å². The molecule has 0 aliphatic heterocycles. The lowest BCUT2D eigenvalue weighted by molar-refractivity contribution is -0.147. The Hall–Kier alpha value is -3.40. The van der Waals surface area contributed by atoms with Crippen LogP contribution in [0.1, 0.15) is 19.3 Å². The van der Waals surface area contributed by atoms with E-state index in [-0.39, 0.29) is 5.75 Å². The van der Waals surface area contributed by atoms with Crippen LogP contribution in [0.2, 0.25) is 0 Å². The molecule has 4 atom stereocenters. The standard InChI is InChI=1S/C15H23N5O10S/c16-5(4-31)12(26)18-7(2-10(22)23)14(28)19-6(1-9(17)21)13(27)20-8(15(29)30)3-11(24)25/h5-8,31H,1-4,16H2,(H2,17,21)(H,18,26)(H,19,28)(H,20,27)(H,22,23)(H,24,25)(H,29,30). The van der Waals surface area contributed by atoms with Gasteiger partial charge in [-0.05, 0) is 0 Å². The summed E-state index contributed by atoms with van der Waals surface area (Å²) in [6.45, 7) is 0. The highest BCUT2D eigenvalue weighted by Gasteiger charge is 2.32. The van der Waals surface area contributed by atoms with Crippen LogP contribution in [0.3, 0.4) is 0 Å². The van der Waals surface area contributed by atoms with Crippen LogP contribution in [0, 0.1) is 0 Å². The second-order valence-electron chi connectivity index (χ2n) is 6.18. The highest BCUT2D eigenvalue weighted by molar-refractivity contribution is 7.80. The molecule has 0 bridgehead atoms. The summed E-state index contributed by atoms with van der Waals surface area (Å²) in [6, 6.07) is -6.56. The number of nitrogens with two attached hydrogens (primary N) is 2.